The van der Waals surface area contributed by atoms with Crippen LogP contribution in [0.15, 0.2) is 60.7 Å². The normalized spacial score (nSPS) is 10.6. The largest absolute Gasteiger partial charge is 0.487 e. The van der Waals surface area contributed by atoms with Gasteiger partial charge in [-0.3, -0.25) is 4.79 Å². The highest BCUT2D eigenvalue weighted by Crippen LogP contribution is 2.28. The number of hydrogen-bond donors (Lipinski definition) is 0. The lowest BCUT2D eigenvalue weighted by Crippen LogP contribution is -1.98. The smallest absolute Gasteiger partial charge is 0.252 e. The van der Waals surface area contributed by atoms with Crippen molar-refractivity contribution in [3.8, 4) is 5.75 Å². The molecule has 0 spiro atoms. The third kappa shape index (κ3) is 3.08. The number of hydrogen-bond acceptors (Lipinski definition) is 2. The molecule has 0 atom stereocenters. The molecule has 3 rings (SSSR count). The molecule has 0 saturated heterocycles. The maximum Gasteiger partial charge on any atom is 0.252 e. The molecule has 0 aliphatic rings. The van der Waals surface area contributed by atoms with Gasteiger partial charge >= 0.3 is 0 Å². The van der Waals surface area contributed by atoms with Gasteiger partial charge in [-0.25, -0.2) is 0 Å². The van der Waals surface area contributed by atoms with Crippen molar-refractivity contribution >= 4 is 39.2 Å². The molecular weight excluding hydrogens is 319 g/mol. The second-order valence-corrected chi connectivity index (χ2v) is 5.60. The van der Waals surface area contributed by atoms with E-state index in [1.54, 1.807) is 12.1 Å². The molecule has 0 saturated carbocycles. The maximum atomic E-state index is 11.1. The van der Waals surface area contributed by atoms with Crippen molar-refractivity contribution in [1.29, 1.82) is 0 Å². The van der Waals surface area contributed by atoms with Gasteiger partial charge in [-0.15, -0.1) is 0 Å². The van der Waals surface area contributed by atoms with Gasteiger partial charge < -0.3 is 4.74 Å². The van der Waals surface area contributed by atoms with Crippen LogP contribution in [0, 0.1) is 0 Å². The predicted molar refractivity (Wildman–Crippen MR) is 89.9 cm³/mol. The standard InChI is InChI=1S/C18H12Cl2O2/c19-16-10-13(18(20)21)8-9-17(16)22-11-14-6-3-5-12-4-1-2-7-15(12)14/h1-10H,11H2. The molecule has 0 radical (unpaired) electrons. The van der Waals surface area contributed by atoms with Crippen molar-refractivity contribution in [2.24, 2.45) is 0 Å². The van der Waals surface area contributed by atoms with Crippen molar-refractivity contribution in [2.45, 2.75) is 6.61 Å². The molecule has 0 fully saturated rings. The fourth-order valence-corrected chi connectivity index (χ4v) is 2.67. The van der Waals surface area contributed by atoms with E-state index < -0.39 is 5.24 Å². The van der Waals surface area contributed by atoms with Crippen LogP contribution in [0.3, 0.4) is 0 Å². The molecule has 0 unspecified atom stereocenters. The van der Waals surface area contributed by atoms with Crippen molar-refractivity contribution in [1.82, 2.24) is 0 Å². The number of benzene rings is 3. The average Bonchev–Trinajstić information content (AvgIpc) is 2.53. The van der Waals surface area contributed by atoms with Crippen LogP contribution in [0.5, 0.6) is 5.75 Å². The van der Waals surface area contributed by atoms with Crippen LogP contribution in [-0.2, 0) is 6.61 Å². The summed E-state index contributed by atoms with van der Waals surface area (Å²) in [5, 5.41) is 2.14. The summed E-state index contributed by atoms with van der Waals surface area (Å²) in [6.45, 7) is 0.398. The second-order valence-electron chi connectivity index (χ2n) is 4.85. The summed E-state index contributed by atoms with van der Waals surface area (Å²) in [7, 11) is 0. The summed E-state index contributed by atoms with van der Waals surface area (Å²) in [4.78, 5) is 11.1. The minimum atomic E-state index is -0.539. The van der Waals surface area contributed by atoms with E-state index in [-0.39, 0.29) is 0 Å². The van der Waals surface area contributed by atoms with Gasteiger partial charge in [0.05, 0.1) is 5.02 Å². The van der Waals surface area contributed by atoms with Crippen LogP contribution < -0.4 is 4.74 Å². The van der Waals surface area contributed by atoms with Crippen LogP contribution in [-0.4, -0.2) is 5.24 Å². The average molecular weight is 331 g/mol. The van der Waals surface area contributed by atoms with E-state index in [1.165, 1.54) is 6.07 Å². The van der Waals surface area contributed by atoms with E-state index in [4.69, 9.17) is 27.9 Å². The lowest BCUT2D eigenvalue weighted by molar-refractivity contribution is 0.108. The molecule has 3 aromatic rings. The Morgan fingerprint density at radius 3 is 2.55 bits per heavy atom. The lowest BCUT2D eigenvalue weighted by Gasteiger charge is -2.10. The Morgan fingerprint density at radius 1 is 1.00 bits per heavy atom. The Balaban J connectivity index is 1.84. The van der Waals surface area contributed by atoms with E-state index >= 15 is 0 Å². The minimum Gasteiger partial charge on any atom is -0.487 e. The molecule has 3 aromatic carbocycles. The molecule has 0 aliphatic heterocycles. The van der Waals surface area contributed by atoms with E-state index in [9.17, 15) is 4.79 Å². The van der Waals surface area contributed by atoms with Crippen LogP contribution in [0.2, 0.25) is 5.02 Å². The van der Waals surface area contributed by atoms with E-state index in [2.05, 4.69) is 18.2 Å². The summed E-state index contributed by atoms with van der Waals surface area (Å²) in [5.41, 5.74) is 1.43. The SMILES string of the molecule is O=C(Cl)c1ccc(OCc2cccc3ccccc23)c(Cl)c1. The van der Waals surface area contributed by atoms with Gasteiger partial charge in [-0.2, -0.15) is 0 Å². The van der Waals surface area contributed by atoms with Gasteiger partial charge in [0.25, 0.3) is 5.24 Å². The Morgan fingerprint density at radius 2 is 1.77 bits per heavy atom. The molecule has 110 valence electrons. The first-order chi connectivity index (χ1) is 10.6. The zero-order chi connectivity index (χ0) is 15.5. The highest BCUT2D eigenvalue weighted by Gasteiger charge is 2.08. The van der Waals surface area contributed by atoms with Gasteiger partial charge in [-0.05, 0) is 46.1 Å². The van der Waals surface area contributed by atoms with Crippen LogP contribution >= 0.6 is 23.2 Å². The van der Waals surface area contributed by atoms with E-state index in [1.807, 2.05) is 24.3 Å². The van der Waals surface area contributed by atoms with Gasteiger partial charge in [0.15, 0.2) is 0 Å². The first-order valence-electron chi connectivity index (χ1n) is 6.74. The highest BCUT2D eigenvalue weighted by molar-refractivity contribution is 6.67. The number of fused-ring (bicyclic) bond motifs is 1. The first kappa shape index (κ1) is 14.9. The second kappa shape index (κ2) is 6.39. The third-order valence-corrected chi connectivity index (χ3v) is 3.94. The zero-order valence-electron chi connectivity index (χ0n) is 11.6. The quantitative estimate of drug-likeness (QED) is 0.594. The number of halogens is 2. The van der Waals surface area contributed by atoms with Gasteiger partial charge in [0.1, 0.15) is 12.4 Å². The Bertz CT molecular complexity index is 838. The van der Waals surface area contributed by atoms with Gasteiger partial charge in [-0.1, -0.05) is 54.1 Å². The lowest BCUT2D eigenvalue weighted by atomic mass is 10.1. The fraction of sp³-hybridized carbons (Fsp3) is 0.0556. The summed E-state index contributed by atoms with van der Waals surface area (Å²) in [6, 6.07) is 19.0. The molecular formula is C18H12Cl2O2. The third-order valence-electron chi connectivity index (χ3n) is 3.42. The molecule has 0 amide bonds. The Hall–Kier alpha value is -2.03. The van der Waals surface area contributed by atoms with Crippen LogP contribution in [0.25, 0.3) is 10.8 Å². The molecule has 2 nitrogen and oxygen atoms in total. The topological polar surface area (TPSA) is 26.3 Å². The Kier molecular flexibility index (Phi) is 4.32. The van der Waals surface area contributed by atoms with Crippen molar-refractivity contribution in [3.63, 3.8) is 0 Å². The Labute approximate surface area is 138 Å². The number of carbonyl (C=O) groups is 1. The van der Waals surface area contributed by atoms with E-state index in [0.717, 1.165) is 16.3 Å². The zero-order valence-corrected chi connectivity index (χ0v) is 13.1. The number of carbonyl (C=O) groups excluding carboxylic acids is 1. The molecule has 22 heavy (non-hydrogen) atoms. The van der Waals surface area contributed by atoms with Crippen LogP contribution in [0.1, 0.15) is 15.9 Å². The fourth-order valence-electron chi connectivity index (χ4n) is 2.31. The first-order valence-corrected chi connectivity index (χ1v) is 7.49. The van der Waals surface area contributed by atoms with Crippen LogP contribution in [0.4, 0.5) is 0 Å². The molecule has 0 heterocycles. The maximum absolute atomic E-state index is 11.1. The molecule has 0 aliphatic carbocycles. The summed E-state index contributed by atoms with van der Waals surface area (Å²) in [6.07, 6.45) is 0. The number of ether oxygens (including phenoxy) is 1. The summed E-state index contributed by atoms with van der Waals surface area (Å²) in [5.74, 6) is 0.524. The highest BCUT2D eigenvalue weighted by atomic mass is 35.5. The predicted octanol–water partition coefficient (Wildman–Crippen LogP) is 5.45. The van der Waals surface area contributed by atoms with Crippen molar-refractivity contribution < 1.29 is 9.53 Å². The number of rotatable bonds is 4. The van der Waals surface area contributed by atoms with Gasteiger partial charge in [0, 0.05) is 5.56 Å². The minimum absolute atomic E-state index is 0.351. The summed E-state index contributed by atoms with van der Waals surface area (Å²) >= 11 is 11.5. The van der Waals surface area contributed by atoms with Crippen molar-refractivity contribution in [3.05, 3.63) is 76.8 Å². The molecule has 0 bridgehead atoms. The monoisotopic (exact) mass is 330 g/mol. The summed E-state index contributed by atoms with van der Waals surface area (Å²) < 4.78 is 5.78. The van der Waals surface area contributed by atoms with Gasteiger partial charge in [0.2, 0.25) is 0 Å². The molecule has 0 aromatic heterocycles. The van der Waals surface area contributed by atoms with E-state index in [0.29, 0.717) is 22.9 Å². The molecule has 0 N–H and O–H groups in total. The van der Waals surface area contributed by atoms with Crippen molar-refractivity contribution in [2.75, 3.05) is 0 Å². The molecule has 4 heteroatoms.